The number of carbonyl (C=O) groups excluding carboxylic acids is 2. The standard InChI is InChI=1S/C21H17F3N2O3S/c22-21(23,24)13-25-19(27)14-6-8-16(9-7-14)26-20(28)18-15(10-11-29-18)12-30-17-4-2-1-3-5-17/h1-11H,12-13H2,(H,25,27)(H,26,28). The summed E-state index contributed by atoms with van der Waals surface area (Å²) in [7, 11) is 0. The molecule has 1 heterocycles. The fourth-order valence-corrected chi connectivity index (χ4v) is 3.40. The largest absolute Gasteiger partial charge is 0.459 e. The van der Waals surface area contributed by atoms with Gasteiger partial charge in [-0.3, -0.25) is 9.59 Å². The van der Waals surface area contributed by atoms with Crippen molar-refractivity contribution in [3.63, 3.8) is 0 Å². The van der Waals surface area contributed by atoms with Crippen LogP contribution in [0.15, 0.2) is 76.2 Å². The molecule has 2 N–H and O–H groups in total. The minimum absolute atomic E-state index is 0.0511. The number of alkyl halides is 3. The van der Waals surface area contributed by atoms with Crippen molar-refractivity contribution < 1.29 is 27.2 Å². The van der Waals surface area contributed by atoms with E-state index in [1.54, 1.807) is 23.1 Å². The monoisotopic (exact) mass is 434 g/mol. The predicted octanol–water partition coefficient (Wildman–Crippen LogP) is 5.12. The van der Waals surface area contributed by atoms with Crippen LogP contribution in [0.5, 0.6) is 0 Å². The Hall–Kier alpha value is -3.20. The number of rotatable bonds is 7. The molecule has 5 nitrogen and oxygen atoms in total. The van der Waals surface area contributed by atoms with Crippen LogP contribution in [0, 0.1) is 0 Å². The van der Waals surface area contributed by atoms with Gasteiger partial charge in [0.1, 0.15) is 6.54 Å². The van der Waals surface area contributed by atoms with Gasteiger partial charge in [0.25, 0.3) is 11.8 Å². The van der Waals surface area contributed by atoms with Gasteiger partial charge in [-0.1, -0.05) is 18.2 Å². The van der Waals surface area contributed by atoms with Crippen LogP contribution in [-0.4, -0.2) is 24.5 Å². The van der Waals surface area contributed by atoms with E-state index < -0.39 is 24.5 Å². The van der Waals surface area contributed by atoms with Crippen molar-refractivity contribution in [2.75, 3.05) is 11.9 Å². The first-order valence-electron chi connectivity index (χ1n) is 8.82. The average molecular weight is 434 g/mol. The summed E-state index contributed by atoms with van der Waals surface area (Å²) in [5, 5.41) is 4.44. The molecule has 3 rings (SSSR count). The minimum atomic E-state index is -4.48. The van der Waals surface area contributed by atoms with Crippen LogP contribution >= 0.6 is 11.8 Å². The van der Waals surface area contributed by atoms with E-state index in [-0.39, 0.29) is 11.3 Å². The molecule has 0 aliphatic heterocycles. The van der Waals surface area contributed by atoms with Gasteiger partial charge >= 0.3 is 6.18 Å². The van der Waals surface area contributed by atoms with Crippen molar-refractivity contribution >= 4 is 29.3 Å². The summed E-state index contributed by atoms with van der Waals surface area (Å²) >= 11 is 1.56. The number of hydrogen-bond donors (Lipinski definition) is 2. The third kappa shape index (κ3) is 6.15. The molecular weight excluding hydrogens is 417 g/mol. The molecule has 1 aromatic heterocycles. The molecule has 0 unspecified atom stereocenters. The summed E-state index contributed by atoms with van der Waals surface area (Å²) in [6.07, 6.45) is -3.05. The number of thioether (sulfide) groups is 1. The Morgan fingerprint density at radius 2 is 1.63 bits per heavy atom. The summed E-state index contributed by atoms with van der Waals surface area (Å²) in [5.41, 5.74) is 1.16. The van der Waals surface area contributed by atoms with Crippen LogP contribution < -0.4 is 10.6 Å². The van der Waals surface area contributed by atoms with E-state index in [4.69, 9.17) is 4.42 Å². The summed E-state index contributed by atoms with van der Waals surface area (Å²) in [6.45, 7) is -1.41. The van der Waals surface area contributed by atoms with Gasteiger partial charge in [0.05, 0.1) is 6.26 Å². The number of amides is 2. The Labute approximate surface area is 174 Å². The van der Waals surface area contributed by atoms with Gasteiger partial charge in [0.15, 0.2) is 5.76 Å². The molecule has 156 valence electrons. The lowest BCUT2D eigenvalue weighted by atomic mass is 10.2. The molecule has 0 saturated carbocycles. The SMILES string of the molecule is O=C(NCC(F)(F)F)c1ccc(NC(=O)c2occc2CSc2ccccc2)cc1. The Balaban J connectivity index is 1.59. The molecule has 3 aromatic rings. The lowest BCUT2D eigenvalue weighted by molar-refractivity contribution is -0.123. The molecule has 0 aliphatic rings. The first-order chi connectivity index (χ1) is 14.3. The number of anilines is 1. The smallest absolute Gasteiger partial charge is 0.405 e. The van der Waals surface area contributed by atoms with E-state index in [0.29, 0.717) is 11.4 Å². The normalized spacial score (nSPS) is 11.2. The quantitative estimate of drug-likeness (QED) is 0.507. The van der Waals surface area contributed by atoms with Crippen molar-refractivity contribution in [1.82, 2.24) is 5.32 Å². The Morgan fingerprint density at radius 1 is 0.933 bits per heavy atom. The van der Waals surface area contributed by atoms with Crippen molar-refractivity contribution in [3.8, 4) is 0 Å². The maximum absolute atomic E-state index is 12.5. The van der Waals surface area contributed by atoms with Gasteiger partial charge in [0.2, 0.25) is 0 Å². The molecule has 0 saturated heterocycles. The molecule has 0 bridgehead atoms. The highest BCUT2D eigenvalue weighted by molar-refractivity contribution is 7.98. The maximum atomic E-state index is 12.5. The zero-order valence-electron chi connectivity index (χ0n) is 15.5. The van der Waals surface area contributed by atoms with Gasteiger partial charge in [-0.2, -0.15) is 13.2 Å². The van der Waals surface area contributed by atoms with Crippen LogP contribution in [-0.2, 0) is 5.75 Å². The Morgan fingerprint density at radius 3 is 2.30 bits per heavy atom. The number of benzene rings is 2. The van der Waals surface area contributed by atoms with Crippen LogP contribution in [0.4, 0.5) is 18.9 Å². The third-order valence-electron chi connectivity index (χ3n) is 3.94. The van der Waals surface area contributed by atoms with Crippen LogP contribution in [0.3, 0.4) is 0 Å². The second kappa shape index (κ2) is 9.53. The van der Waals surface area contributed by atoms with E-state index in [0.717, 1.165) is 10.5 Å². The van der Waals surface area contributed by atoms with E-state index in [9.17, 15) is 22.8 Å². The molecule has 0 fully saturated rings. The first-order valence-corrected chi connectivity index (χ1v) is 9.81. The van der Waals surface area contributed by atoms with Crippen LogP contribution in [0.2, 0.25) is 0 Å². The van der Waals surface area contributed by atoms with Gasteiger partial charge in [-0.25, -0.2) is 0 Å². The van der Waals surface area contributed by atoms with Crippen molar-refractivity contribution in [2.45, 2.75) is 16.8 Å². The molecular formula is C21H17F3N2O3S. The fraction of sp³-hybridized carbons (Fsp3) is 0.143. The van der Waals surface area contributed by atoms with Gasteiger partial charge in [-0.05, 0) is 42.5 Å². The first kappa shape index (κ1) is 21.5. The zero-order valence-corrected chi connectivity index (χ0v) is 16.3. The number of nitrogens with one attached hydrogen (secondary N) is 2. The highest BCUT2D eigenvalue weighted by Crippen LogP contribution is 2.25. The van der Waals surface area contributed by atoms with E-state index in [2.05, 4.69) is 5.32 Å². The summed E-state index contributed by atoms with van der Waals surface area (Å²) in [4.78, 5) is 25.3. The van der Waals surface area contributed by atoms with Crippen molar-refractivity contribution in [1.29, 1.82) is 0 Å². The second-order valence-corrected chi connectivity index (χ2v) is 7.25. The Bertz CT molecular complexity index is 1000. The van der Waals surface area contributed by atoms with Crippen LogP contribution in [0.25, 0.3) is 0 Å². The van der Waals surface area contributed by atoms with Gasteiger partial charge in [-0.15, -0.1) is 11.8 Å². The molecule has 0 radical (unpaired) electrons. The summed E-state index contributed by atoms with van der Waals surface area (Å²) in [5.74, 6) is -0.596. The maximum Gasteiger partial charge on any atom is 0.405 e. The second-order valence-electron chi connectivity index (χ2n) is 6.21. The van der Waals surface area contributed by atoms with E-state index in [1.807, 2.05) is 30.3 Å². The number of hydrogen-bond acceptors (Lipinski definition) is 4. The van der Waals surface area contributed by atoms with Crippen molar-refractivity contribution in [3.05, 3.63) is 83.8 Å². The lowest BCUT2D eigenvalue weighted by Gasteiger charge is -2.09. The van der Waals surface area contributed by atoms with Gasteiger partial charge in [0, 0.05) is 27.5 Å². The van der Waals surface area contributed by atoms with E-state index in [1.165, 1.54) is 30.5 Å². The molecule has 2 aromatic carbocycles. The van der Waals surface area contributed by atoms with E-state index >= 15 is 0 Å². The number of halogens is 3. The number of carbonyl (C=O) groups is 2. The molecule has 30 heavy (non-hydrogen) atoms. The lowest BCUT2D eigenvalue weighted by Crippen LogP contribution is -2.33. The third-order valence-corrected chi connectivity index (χ3v) is 5.01. The highest BCUT2D eigenvalue weighted by Gasteiger charge is 2.27. The molecule has 0 spiro atoms. The topological polar surface area (TPSA) is 71.3 Å². The predicted molar refractivity (Wildman–Crippen MR) is 107 cm³/mol. The van der Waals surface area contributed by atoms with Crippen molar-refractivity contribution in [2.24, 2.45) is 0 Å². The summed E-state index contributed by atoms with van der Waals surface area (Å²) in [6, 6.07) is 17.0. The average Bonchev–Trinajstić information content (AvgIpc) is 3.20. The number of furan rings is 1. The highest BCUT2D eigenvalue weighted by atomic mass is 32.2. The molecule has 0 atom stereocenters. The fourth-order valence-electron chi connectivity index (χ4n) is 2.50. The zero-order chi connectivity index (χ0) is 21.6. The molecule has 9 heteroatoms. The molecule has 0 aliphatic carbocycles. The Kier molecular flexibility index (Phi) is 6.83. The van der Waals surface area contributed by atoms with Crippen LogP contribution in [0.1, 0.15) is 26.5 Å². The summed E-state index contributed by atoms with van der Waals surface area (Å²) < 4.78 is 41.9. The van der Waals surface area contributed by atoms with Gasteiger partial charge < -0.3 is 15.1 Å². The minimum Gasteiger partial charge on any atom is -0.459 e. The molecule has 2 amide bonds.